The number of ether oxygens (including phenoxy) is 1. The molecule has 0 amide bonds. The first-order chi connectivity index (χ1) is 16.1. The molecule has 0 unspecified atom stereocenters. The number of rotatable bonds is 5. The lowest BCUT2D eigenvalue weighted by Crippen LogP contribution is -2.05. The zero-order valence-electron chi connectivity index (χ0n) is 16.9. The maximum atomic E-state index is 13.8. The predicted molar refractivity (Wildman–Crippen MR) is 111 cm³/mol. The summed E-state index contributed by atoms with van der Waals surface area (Å²) in [4.78, 5) is 20.2. The molecular formula is C23H13F6N3O2. The Balaban J connectivity index is 1.92. The minimum absolute atomic E-state index is 0.0839. The number of hydrogen-bond donors (Lipinski definition) is 0. The number of fused-ring (bicyclic) bond motifs is 1. The lowest BCUT2D eigenvalue weighted by Gasteiger charge is -2.10. The monoisotopic (exact) mass is 477 g/mol. The number of carbonyl (C=O) groups is 1. The van der Waals surface area contributed by atoms with Crippen molar-refractivity contribution in [2.45, 2.75) is 12.8 Å². The van der Waals surface area contributed by atoms with Gasteiger partial charge in [0.25, 0.3) is 0 Å². The fourth-order valence-corrected chi connectivity index (χ4v) is 3.29. The number of halogens is 6. The van der Waals surface area contributed by atoms with Gasteiger partial charge in [0.1, 0.15) is 5.65 Å². The van der Waals surface area contributed by atoms with Crippen LogP contribution < -0.4 is 0 Å². The van der Waals surface area contributed by atoms with Crippen LogP contribution in [0.4, 0.5) is 32.2 Å². The van der Waals surface area contributed by atoms with Crippen LogP contribution in [0.5, 0.6) is 0 Å². The molecular weight excluding hydrogens is 464 g/mol. The Morgan fingerprint density at radius 1 is 0.971 bits per heavy atom. The van der Waals surface area contributed by atoms with E-state index < -0.39 is 30.3 Å². The molecule has 0 spiro atoms. The number of aliphatic imine (C=N–C) groups is 1. The van der Waals surface area contributed by atoms with E-state index in [1.165, 1.54) is 28.8 Å². The van der Waals surface area contributed by atoms with E-state index in [1.54, 1.807) is 30.3 Å². The molecule has 34 heavy (non-hydrogen) atoms. The quantitative estimate of drug-likeness (QED) is 0.144. The Bertz CT molecular complexity index is 1380. The molecule has 174 valence electrons. The Hall–Kier alpha value is -4.15. The molecule has 0 aliphatic carbocycles. The minimum atomic E-state index is -4.68. The van der Waals surface area contributed by atoms with Crippen LogP contribution in [0.15, 0.2) is 77.9 Å². The lowest BCUT2D eigenvalue weighted by atomic mass is 10.0. The average Bonchev–Trinajstić information content (AvgIpc) is 3.14. The molecule has 11 heteroatoms. The smallest absolute Gasteiger partial charge is 0.393 e. The molecule has 4 aromatic rings. The summed E-state index contributed by atoms with van der Waals surface area (Å²) in [6.45, 7) is -3.51. The zero-order chi connectivity index (χ0) is 24.5. The number of pyridine rings is 1. The van der Waals surface area contributed by atoms with Gasteiger partial charge in [-0.05, 0) is 24.3 Å². The number of hydrogen-bond acceptors (Lipinski definition) is 4. The standard InChI is InChI=1S/C23H13F6N3O2/c24-21(25)34-22(26)31-20-18(14-7-4-8-16(11-14)23(27,28)29)32-12-15(9-10-17(32)30-20)19(33)13-5-2-1-3-6-13/h1-12,21H. The van der Waals surface area contributed by atoms with E-state index >= 15 is 0 Å². The summed E-state index contributed by atoms with van der Waals surface area (Å²) in [7, 11) is 0. The summed E-state index contributed by atoms with van der Waals surface area (Å²) < 4.78 is 83.2. The summed E-state index contributed by atoms with van der Waals surface area (Å²) in [5, 5.41) is 0. The Morgan fingerprint density at radius 3 is 2.38 bits per heavy atom. The third-order valence-electron chi connectivity index (χ3n) is 4.74. The first kappa shape index (κ1) is 23.0. The molecule has 0 aliphatic rings. The molecule has 0 saturated heterocycles. The van der Waals surface area contributed by atoms with Gasteiger partial charge in [-0.2, -0.15) is 26.9 Å². The normalized spacial score (nSPS) is 12.4. The van der Waals surface area contributed by atoms with Crippen LogP contribution in [-0.4, -0.2) is 27.9 Å². The molecule has 2 aromatic carbocycles. The number of nitrogens with zero attached hydrogens (tertiary/aromatic N) is 3. The summed E-state index contributed by atoms with van der Waals surface area (Å²) >= 11 is 0. The number of imidazole rings is 1. The number of benzene rings is 2. The molecule has 2 aromatic heterocycles. The van der Waals surface area contributed by atoms with Gasteiger partial charge >= 0.3 is 18.9 Å². The maximum Gasteiger partial charge on any atom is 0.416 e. The maximum absolute atomic E-state index is 13.8. The van der Waals surface area contributed by atoms with Crippen molar-refractivity contribution in [1.29, 1.82) is 0 Å². The van der Waals surface area contributed by atoms with E-state index in [-0.39, 0.29) is 28.3 Å². The summed E-state index contributed by atoms with van der Waals surface area (Å²) in [6, 6.07) is 15.0. The van der Waals surface area contributed by atoms with Crippen molar-refractivity contribution in [2.24, 2.45) is 4.99 Å². The van der Waals surface area contributed by atoms with Crippen LogP contribution in [0.3, 0.4) is 0 Å². The van der Waals surface area contributed by atoms with E-state index in [4.69, 9.17) is 0 Å². The van der Waals surface area contributed by atoms with Gasteiger partial charge < -0.3 is 4.74 Å². The van der Waals surface area contributed by atoms with Crippen molar-refractivity contribution >= 4 is 23.4 Å². The predicted octanol–water partition coefficient (Wildman–Crippen LogP) is 6.45. The van der Waals surface area contributed by atoms with Gasteiger partial charge in [0.15, 0.2) is 11.6 Å². The summed E-state index contributed by atoms with van der Waals surface area (Å²) in [5.41, 5.74) is -0.648. The molecule has 0 atom stereocenters. The summed E-state index contributed by atoms with van der Waals surface area (Å²) in [6.07, 6.45) is -5.30. The molecule has 2 heterocycles. The summed E-state index contributed by atoms with van der Waals surface area (Å²) in [5.74, 6) is -0.898. The Kier molecular flexibility index (Phi) is 6.10. The molecule has 0 radical (unpaired) electrons. The van der Waals surface area contributed by atoms with Crippen LogP contribution in [-0.2, 0) is 10.9 Å². The fourth-order valence-electron chi connectivity index (χ4n) is 3.29. The third-order valence-corrected chi connectivity index (χ3v) is 4.74. The highest BCUT2D eigenvalue weighted by Crippen LogP contribution is 2.36. The second-order valence-electron chi connectivity index (χ2n) is 6.95. The van der Waals surface area contributed by atoms with Crippen molar-refractivity contribution in [2.75, 3.05) is 0 Å². The van der Waals surface area contributed by atoms with Gasteiger partial charge in [0.05, 0.1) is 11.3 Å². The van der Waals surface area contributed by atoms with Crippen molar-refractivity contribution < 1.29 is 35.9 Å². The highest BCUT2D eigenvalue weighted by molar-refractivity contribution is 6.09. The van der Waals surface area contributed by atoms with Crippen LogP contribution >= 0.6 is 0 Å². The van der Waals surface area contributed by atoms with E-state index in [1.807, 2.05) is 0 Å². The van der Waals surface area contributed by atoms with Gasteiger partial charge in [-0.3, -0.25) is 9.20 Å². The molecule has 0 bridgehead atoms. The Labute approximate surface area is 188 Å². The van der Waals surface area contributed by atoms with E-state index in [2.05, 4.69) is 14.7 Å². The number of ketones is 1. The van der Waals surface area contributed by atoms with Crippen molar-refractivity contribution in [3.8, 4) is 11.3 Å². The van der Waals surface area contributed by atoms with Gasteiger partial charge in [0.2, 0.25) is 0 Å². The number of carbonyl (C=O) groups excluding carboxylic acids is 1. The fraction of sp³-hybridized carbons (Fsp3) is 0.0870. The number of aromatic nitrogens is 2. The Morgan fingerprint density at radius 2 is 1.71 bits per heavy atom. The van der Waals surface area contributed by atoms with Gasteiger partial charge in [-0.25, -0.2) is 4.98 Å². The zero-order valence-corrected chi connectivity index (χ0v) is 16.9. The largest absolute Gasteiger partial charge is 0.416 e. The first-order valence-electron chi connectivity index (χ1n) is 9.62. The third kappa shape index (κ3) is 4.77. The van der Waals surface area contributed by atoms with Crippen molar-refractivity contribution in [1.82, 2.24) is 9.38 Å². The molecule has 0 fully saturated rings. The second kappa shape index (κ2) is 9.00. The van der Waals surface area contributed by atoms with E-state index in [0.29, 0.717) is 5.56 Å². The van der Waals surface area contributed by atoms with E-state index in [9.17, 15) is 31.1 Å². The van der Waals surface area contributed by atoms with Crippen LogP contribution in [0.1, 0.15) is 21.5 Å². The number of alkyl halides is 5. The van der Waals surface area contributed by atoms with Gasteiger partial charge in [0, 0.05) is 22.9 Å². The van der Waals surface area contributed by atoms with Crippen LogP contribution in [0.25, 0.3) is 16.9 Å². The molecule has 0 aliphatic heterocycles. The van der Waals surface area contributed by atoms with Crippen molar-refractivity contribution in [3.63, 3.8) is 0 Å². The topological polar surface area (TPSA) is 56.0 Å². The lowest BCUT2D eigenvalue weighted by molar-refractivity contribution is -0.137. The van der Waals surface area contributed by atoms with Crippen LogP contribution in [0, 0.1) is 0 Å². The van der Waals surface area contributed by atoms with Crippen molar-refractivity contribution in [3.05, 3.63) is 89.6 Å². The first-order valence-corrected chi connectivity index (χ1v) is 9.62. The minimum Gasteiger partial charge on any atom is -0.393 e. The van der Waals surface area contributed by atoms with Gasteiger partial charge in [-0.15, -0.1) is 4.39 Å². The van der Waals surface area contributed by atoms with Crippen LogP contribution in [0.2, 0.25) is 0 Å². The second-order valence-corrected chi connectivity index (χ2v) is 6.95. The highest BCUT2D eigenvalue weighted by Gasteiger charge is 2.31. The highest BCUT2D eigenvalue weighted by atomic mass is 19.4. The van der Waals surface area contributed by atoms with E-state index in [0.717, 1.165) is 18.2 Å². The molecule has 5 nitrogen and oxygen atoms in total. The molecule has 4 rings (SSSR count). The SMILES string of the molecule is O=C(c1ccccc1)c1ccc2nc(N=C(F)OC(F)F)c(-c3cccc(C(F)(F)F)c3)n2c1. The molecule has 0 saturated carbocycles. The van der Waals surface area contributed by atoms with Gasteiger partial charge in [-0.1, -0.05) is 42.5 Å². The average molecular weight is 477 g/mol. The molecule has 0 N–H and O–H groups in total.